The standard InChI is InChI=1S/C14H19FN2O2/c1-10(18)17-7-5-11(6-8-17)16-12-3-4-13(15)14(9-12)19-2/h3-4,9,11,16H,5-8H2,1-2H3. The predicted molar refractivity (Wildman–Crippen MR) is 71.9 cm³/mol. The highest BCUT2D eigenvalue weighted by atomic mass is 19.1. The molecule has 0 spiro atoms. The van der Waals surface area contributed by atoms with E-state index >= 15 is 0 Å². The summed E-state index contributed by atoms with van der Waals surface area (Å²) in [4.78, 5) is 13.1. The van der Waals surface area contributed by atoms with Crippen molar-refractivity contribution in [1.29, 1.82) is 0 Å². The maximum Gasteiger partial charge on any atom is 0.219 e. The van der Waals surface area contributed by atoms with Gasteiger partial charge in [-0.15, -0.1) is 0 Å². The first-order chi connectivity index (χ1) is 9.10. The molecule has 4 nitrogen and oxygen atoms in total. The van der Waals surface area contributed by atoms with Crippen molar-refractivity contribution in [2.45, 2.75) is 25.8 Å². The van der Waals surface area contributed by atoms with Gasteiger partial charge in [-0.25, -0.2) is 4.39 Å². The minimum Gasteiger partial charge on any atom is -0.494 e. The van der Waals surface area contributed by atoms with Crippen molar-refractivity contribution in [3.05, 3.63) is 24.0 Å². The average molecular weight is 266 g/mol. The van der Waals surface area contributed by atoms with E-state index in [2.05, 4.69) is 5.32 Å². The largest absolute Gasteiger partial charge is 0.494 e. The summed E-state index contributed by atoms with van der Waals surface area (Å²) in [6.07, 6.45) is 1.80. The number of anilines is 1. The molecule has 0 bridgehead atoms. The van der Waals surface area contributed by atoms with E-state index in [0.717, 1.165) is 31.6 Å². The van der Waals surface area contributed by atoms with Crippen LogP contribution in [0.4, 0.5) is 10.1 Å². The van der Waals surface area contributed by atoms with Crippen molar-refractivity contribution < 1.29 is 13.9 Å². The van der Waals surface area contributed by atoms with Crippen molar-refractivity contribution in [2.75, 3.05) is 25.5 Å². The molecule has 1 aliphatic heterocycles. The number of methoxy groups -OCH3 is 1. The third-order valence-corrected chi connectivity index (χ3v) is 3.46. The molecule has 1 saturated heterocycles. The van der Waals surface area contributed by atoms with Crippen molar-refractivity contribution in [1.82, 2.24) is 4.90 Å². The third kappa shape index (κ3) is 3.36. The SMILES string of the molecule is COc1cc(NC2CCN(C(C)=O)CC2)ccc1F. The minimum atomic E-state index is -0.362. The van der Waals surface area contributed by atoms with E-state index in [1.807, 2.05) is 4.90 Å². The van der Waals surface area contributed by atoms with Crippen LogP contribution in [0.25, 0.3) is 0 Å². The highest BCUT2D eigenvalue weighted by Gasteiger charge is 2.20. The van der Waals surface area contributed by atoms with E-state index < -0.39 is 0 Å². The first-order valence-corrected chi connectivity index (χ1v) is 6.45. The summed E-state index contributed by atoms with van der Waals surface area (Å²) in [5.41, 5.74) is 0.847. The molecule has 104 valence electrons. The molecule has 1 heterocycles. The molecule has 1 fully saturated rings. The molecule has 0 radical (unpaired) electrons. The normalized spacial score (nSPS) is 16.3. The van der Waals surface area contributed by atoms with E-state index in [1.165, 1.54) is 13.2 Å². The second-order valence-corrected chi connectivity index (χ2v) is 4.77. The Balaban J connectivity index is 1.94. The van der Waals surface area contributed by atoms with E-state index in [1.54, 1.807) is 19.1 Å². The Labute approximate surface area is 112 Å². The van der Waals surface area contributed by atoms with Gasteiger partial charge in [0.05, 0.1) is 7.11 Å². The predicted octanol–water partition coefficient (Wildman–Crippen LogP) is 2.26. The van der Waals surface area contributed by atoms with E-state index in [0.29, 0.717) is 6.04 Å². The number of hydrogen-bond donors (Lipinski definition) is 1. The van der Waals surface area contributed by atoms with Gasteiger partial charge in [-0.05, 0) is 25.0 Å². The van der Waals surface area contributed by atoms with Gasteiger partial charge < -0.3 is 15.0 Å². The fraction of sp³-hybridized carbons (Fsp3) is 0.500. The van der Waals surface area contributed by atoms with Crippen LogP contribution in [0.3, 0.4) is 0 Å². The molecule has 0 saturated carbocycles. The Kier molecular flexibility index (Phi) is 4.24. The number of piperidine rings is 1. The number of nitrogens with one attached hydrogen (secondary N) is 1. The second-order valence-electron chi connectivity index (χ2n) is 4.77. The second kappa shape index (κ2) is 5.91. The molecule has 0 atom stereocenters. The van der Waals surface area contributed by atoms with Crippen LogP contribution in [0, 0.1) is 5.82 Å². The van der Waals surface area contributed by atoms with E-state index in [9.17, 15) is 9.18 Å². The number of nitrogens with zero attached hydrogens (tertiary/aromatic N) is 1. The maximum absolute atomic E-state index is 13.3. The first kappa shape index (κ1) is 13.6. The number of carbonyl (C=O) groups is 1. The van der Waals surface area contributed by atoms with Gasteiger partial charge in [-0.3, -0.25) is 4.79 Å². The number of hydrogen-bond acceptors (Lipinski definition) is 3. The van der Waals surface area contributed by atoms with Crippen LogP contribution >= 0.6 is 0 Å². The van der Waals surface area contributed by atoms with Crippen LogP contribution in [0.2, 0.25) is 0 Å². The van der Waals surface area contributed by atoms with Gasteiger partial charge in [-0.1, -0.05) is 0 Å². The third-order valence-electron chi connectivity index (χ3n) is 3.46. The van der Waals surface area contributed by atoms with Crippen LogP contribution in [-0.4, -0.2) is 37.0 Å². The number of ether oxygens (including phenoxy) is 1. The molecule has 1 aliphatic rings. The van der Waals surface area contributed by atoms with Gasteiger partial charge in [0.2, 0.25) is 5.91 Å². The van der Waals surface area contributed by atoms with Crippen molar-refractivity contribution in [3.8, 4) is 5.75 Å². The van der Waals surface area contributed by atoms with Gasteiger partial charge >= 0.3 is 0 Å². The Morgan fingerprint density at radius 2 is 2.11 bits per heavy atom. The summed E-state index contributed by atoms with van der Waals surface area (Å²) in [6, 6.07) is 5.07. The van der Waals surface area contributed by atoms with Crippen molar-refractivity contribution in [2.24, 2.45) is 0 Å². The highest BCUT2D eigenvalue weighted by molar-refractivity contribution is 5.73. The summed E-state index contributed by atoms with van der Waals surface area (Å²) in [7, 11) is 1.45. The maximum atomic E-state index is 13.3. The lowest BCUT2D eigenvalue weighted by molar-refractivity contribution is -0.129. The molecule has 1 aromatic rings. The van der Waals surface area contributed by atoms with Crippen LogP contribution < -0.4 is 10.1 Å². The zero-order chi connectivity index (χ0) is 13.8. The fourth-order valence-corrected chi connectivity index (χ4v) is 2.32. The Hall–Kier alpha value is -1.78. The lowest BCUT2D eigenvalue weighted by atomic mass is 10.0. The summed E-state index contributed by atoms with van der Waals surface area (Å²) in [6.45, 7) is 3.13. The number of rotatable bonds is 3. The molecule has 1 aromatic carbocycles. The molecule has 1 amide bonds. The van der Waals surface area contributed by atoms with Gasteiger partial charge in [0.1, 0.15) is 0 Å². The Morgan fingerprint density at radius 1 is 1.42 bits per heavy atom. The molecule has 2 rings (SSSR count). The molecular formula is C14H19FN2O2. The zero-order valence-corrected chi connectivity index (χ0v) is 11.3. The number of amides is 1. The summed E-state index contributed by atoms with van der Waals surface area (Å²) < 4.78 is 18.2. The van der Waals surface area contributed by atoms with E-state index in [-0.39, 0.29) is 17.5 Å². The molecule has 19 heavy (non-hydrogen) atoms. The quantitative estimate of drug-likeness (QED) is 0.912. The van der Waals surface area contributed by atoms with Crippen LogP contribution in [0.5, 0.6) is 5.75 Å². The minimum absolute atomic E-state index is 0.127. The Bertz CT molecular complexity index is 457. The zero-order valence-electron chi connectivity index (χ0n) is 11.3. The van der Waals surface area contributed by atoms with Gasteiger partial charge in [0.15, 0.2) is 11.6 Å². The Morgan fingerprint density at radius 3 is 2.68 bits per heavy atom. The molecule has 5 heteroatoms. The summed E-state index contributed by atoms with van der Waals surface area (Å²) in [5, 5.41) is 3.36. The van der Waals surface area contributed by atoms with Gasteiger partial charge in [0, 0.05) is 37.8 Å². The topological polar surface area (TPSA) is 41.6 Å². The molecule has 0 aromatic heterocycles. The van der Waals surface area contributed by atoms with Gasteiger partial charge in [0.25, 0.3) is 0 Å². The van der Waals surface area contributed by atoms with Crippen LogP contribution in [-0.2, 0) is 4.79 Å². The van der Waals surface area contributed by atoms with E-state index in [4.69, 9.17) is 4.74 Å². The van der Waals surface area contributed by atoms with Crippen LogP contribution in [0.15, 0.2) is 18.2 Å². The number of carbonyl (C=O) groups excluding carboxylic acids is 1. The summed E-state index contributed by atoms with van der Waals surface area (Å²) in [5.74, 6) is 0.00697. The number of halogens is 1. The van der Waals surface area contributed by atoms with Crippen molar-refractivity contribution in [3.63, 3.8) is 0 Å². The number of benzene rings is 1. The molecule has 0 aliphatic carbocycles. The van der Waals surface area contributed by atoms with Crippen LogP contribution in [0.1, 0.15) is 19.8 Å². The molecular weight excluding hydrogens is 247 g/mol. The lowest BCUT2D eigenvalue weighted by Crippen LogP contribution is -2.41. The van der Waals surface area contributed by atoms with Crippen molar-refractivity contribution >= 4 is 11.6 Å². The summed E-state index contributed by atoms with van der Waals surface area (Å²) >= 11 is 0. The fourth-order valence-electron chi connectivity index (χ4n) is 2.32. The molecule has 1 N–H and O–H groups in total. The number of likely N-dealkylation sites (tertiary alicyclic amines) is 1. The first-order valence-electron chi connectivity index (χ1n) is 6.45. The monoisotopic (exact) mass is 266 g/mol. The highest BCUT2D eigenvalue weighted by Crippen LogP contribution is 2.23. The van der Waals surface area contributed by atoms with Gasteiger partial charge in [-0.2, -0.15) is 0 Å². The molecule has 0 unspecified atom stereocenters. The average Bonchev–Trinajstić information content (AvgIpc) is 2.41. The lowest BCUT2D eigenvalue weighted by Gasteiger charge is -2.32. The smallest absolute Gasteiger partial charge is 0.219 e.